The first kappa shape index (κ1) is 22.4. The Morgan fingerprint density at radius 1 is 1.24 bits per heavy atom. The molecule has 4 aliphatic rings. The van der Waals surface area contributed by atoms with Gasteiger partial charge >= 0.3 is 0 Å². The highest BCUT2D eigenvalue weighted by molar-refractivity contribution is 7.14. The van der Waals surface area contributed by atoms with Crippen molar-refractivity contribution in [3.05, 3.63) is 44.1 Å². The molecule has 3 heterocycles. The monoisotopic (exact) mass is 480 g/mol. The summed E-state index contributed by atoms with van der Waals surface area (Å²) in [4.78, 5) is 20.5. The van der Waals surface area contributed by atoms with Gasteiger partial charge in [-0.05, 0) is 96.1 Å². The second kappa shape index (κ2) is 7.47. The SMILES string of the molecule is COc1ccc2c3c1O[C@H]1c4sc(C(=O)N(C(C)C)C(C)C)c(C)c4C[C@H]4[C@@H](C2)N(C)CC[C@]314. The van der Waals surface area contributed by atoms with Gasteiger partial charge in [0.25, 0.3) is 5.91 Å². The lowest BCUT2D eigenvalue weighted by Crippen LogP contribution is -2.61. The quantitative estimate of drug-likeness (QED) is 0.609. The molecule has 0 radical (unpaired) electrons. The Bertz CT molecular complexity index is 1180. The van der Waals surface area contributed by atoms with Crippen LogP contribution in [0.5, 0.6) is 11.5 Å². The van der Waals surface area contributed by atoms with Gasteiger partial charge in [-0.25, -0.2) is 0 Å². The summed E-state index contributed by atoms with van der Waals surface area (Å²) < 4.78 is 12.7. The number of methoxy groups -OCH3 is 1. The summed E-state index contributed by atoms with van der Waals surface area (Å²) in [6.07, 6.45) is 3.15. The Morgan fingerprint density at radius 3 is 2.65 bits per heavy atom. The van der Waals surface area contributed by atoms with E-state index in [1.807, 2.05) is 4.90 Å². The average molecular weight is 481 g/mol. The fourth-order valence-corrected chi connectivity index (χ4v) is 9.10. The summed E-state index contributed by atoms with van der Waals surface area (Å²) in [5, 5.41) is 0. The van der Waals surface area contributed by atoms with E-state index in [0.29, 0.717) is 12.0 Å². The molecule has 2 aliphatic heterocycles. The lowest BCUT2D eigenvalue weighted by molar-refractivity contribution is -0.0227. The van der Waals surface area contributed by atoms with Crippen LogP contribution in [0.15, 0.2) is 12.1 Å². The van der Waals surface area contributed by atoms with Gasteiger partial charge in [0.15, 0.2) is 11.5 Å². The molecule has 5 nitrogen and oxygen atoms in total. The van der Waals surface area contributed by atoms with Gasteiger partial charge in [-0.1, -0.05) is 6.07 Å². The highest BCUT2D eigenvalue weighted by Crippen LogP contribution is 2.68. The second-order valence-electron chi connectivity index (χ2n) is 11.3. The fraction of sp³-hybridized carbons (Fsp3) is 0.607. The molecule has 1 aromatic carbocycles. The molecule has 34 heavy (non-hydrogen) atoms. The largest absolute Gasteiger partial charge is 0.493 e. The fourth-order valence-electron chi connectivity index (χ4n) is 7.69. The number of carbonyl (C=O) groups is 1. The molecular formula is C28H36N2O3S. The lowest BCUT2D eigenvalue weighted by atomic mass is 9.52. The molecule has 2 aromatic rings. The number of nitrogens with zero attached hydrogens (tertiary/aromatic N) is 2. The Morgan fingerprint density at radius 2 is 1.97 bits per heavy atom. The van der Waals surface area contributed by atoms with Gasteiger partial charge in [-0.3, -0.25) is 4.79 Å². The van der Waals surface area contributed by atoms with Gasteiger partial charge in [0.05, 0.1) is 16.9 Å². The van der Waals surface area contributed by atoms with Crippen molar-refractivity contribution >= 4 is 17.2 Å². The first-order chi connectivity index (χ1) is 16.2. The van der Waals surface area contributed by atoms with Gasteiger partial charge in [0.2, 0.25) is 0 Å². The molecule has 0 saturated carbocycles. The van der Waals surface area contributed by atoms with Crippen LogP contribution in [0.25, 0.3) is 0 Å². The topological polar surface area (TPSA) is 42.0 Å². The van der Waals surface area contributed by atoms with Crippen molar-refractivity contribution in [2.45, 2.75) is 83.5 Å². The van der Waals surface area contributed by atoms with Gasteiger partial charge in [0, 0.05) is 29.1 Å². The Kier molecular flexibility index (Phi) is 4.93. The highest BCUT2D eigenvalue weighted by Gasteiger charge is 2.65. The number of ether oxygens (including phenoxy) is 2. The summed E-state index contributed by atoms with van der Waals surface area (Å²) >= 11 is 1.70. The normalized spacial score (nSPS) is 28.6. The Balaban J connectivity index is 1.54. The molecule has 182 valence electrons. The third-order valence-electron chi connectivity index (χ3n) is 9.10. The summed E-state index contributed by atoms with van der Waals surface area (Å²) in [5.74, 6) is 2.45. The zero-order valence-corrected chi connectivity index (χ0v) is 22.2. The maximum atomic E-state index is 13.8. The van der Waals surface area contributed by atoms with E-state index >= 15 is 0 Å². The zero-order valence-electron chi connectivity index (χ0n) is 21.4. The molecule has 1 saturated heterocycles. The molecule has 0 unspecified atom stereocenters. The molecule has 1 fully saturated rings. The number of likely N-dealkylation sites (N-methyl/N-ethyl adjacent to an activating group) is 1. The van der Waals surface area contributed by atoms with Gasteiger partial charge < -0.3 is 19.3 Å². The van der Waals surface area contributed by atoms with E-state index in [2.05, 4.69) is 58.7 Å². The van der Waals surface area contributed by atoms with Gasteiger partial charge in [-0.2, -0.15) is 0 Å². The Labute approximate surface area is 207 Å². The average Bonchev–Trinajstić information content (AvgIpc) is 3.30. The van der Waals surface area contributed by atoms with E-state index in [1.54, 1.807) is 18.4 Å². The van der Waals surface area contributed by atoms with E-state index in [-0.39, 0.29) is 29.5 Å². The highest BCUT2D eigenvalue weighted by atomic mass is 32.1. The van der Waals surface area contributed by atoms with Crippen LogP contribution in [-0.4, -0.2) is 54.5 Å². The third-order valence-corrected chi connectivity index (χ3v) is 10.5. The van der Waals surface area contributed by atoms with Crippen molar-refractivity contribution in [2.24, 2.45) is 5.92 Å². The molecule has 6 rings (SSSR count). The van der Waals surface area contributed by atoms with E-state index in [0.717, 1.165) is 42.2 Å². The summed E-state index contributed by atoms with van der Waals surface area (Å²) in [6.45, 7) is 11.7. The van der Waals surface area contributed by atoms with Crippen LogP contribution >= 0.6 is 11.3 Å². The van der Waals surface area contributed by atoms with Crippen molar-refractivity contribution in [1.29, 1.82) is 0 Å². The van der Waals surface area contributed by atoms with Crippen LogP contribution in [0.4, 0.5) is 0 Å². The van der Waals surface area contributed by atoms with Crippen LogP contribution < -0.4 is 9.47 Å². The minimum absolute atomic E-state index is 0.0188. The van der Waals surface area contributed by atoms with E-state index in [9.17, 15) is 4.79 Å². The van der Waals surface area contributed by atoms with Crippen molar-refractivity contribution in [3.63, 3.8) is 0 Å². The van der Waals surface area contributed by atoms with Crippen molar-refractivity contribution < 1.29 is 14.3 Å². The molecule has 1 spiro atoms. The predicted octanol–water partition coefficient (Wildman–Crippen LogP) is 5.13. The number of benzene rings is 1. The number of hydrogen-bond donors (Lipinski definition) is 0. The number of amides is 1. The molecule has 0 N–H and O–H groups in total. The standard InChI is InChI=1S/C28H36N2O3S/c1-14(2)30(15(3)4)27(31)24-16(5)18-13-19-20-12-17-8-9-21(32-7)23-22(17)28(19,10-11-29(20)6)26(33-23)25(18)34-24/h8-9,14-15,19-20,26H,10-13H2,1-7H3/t19-,20+,26-,28-/m0/s1. The number of carbonyl (C=O) groups excluding carboxylic acids is 1. The summed E-state index contributed by atoms with van der Waals surface area (Å²) in [5.41, 5.74) is 5.34. The minimum atomic E-state index is -0.0281. The molecule has 6 heteroatoms. The first-order valence-corrected chi connectivity index (χ1v) is 13.5. The smallest absolute Gasteiger partial charge is 0.264 e. The summed E-state index contributed by atoms with van der Waals surface area (Å²) in [6, 6.07) is 5.18. The maximum absolute atomic E-state index is 13.8. The number of rotatable bonds is 4. The second-order valence-corrected chi connectivity index (χ2v) is 12.3. The van der Waals surface area contributed by atoms with Crippen LogP contribution in [0.2, 0.25) is 0 Å². The minimum Gasteiger partial charge on any atom is -0.493 e. The molecule has 4 atom stereocenters. The Hall–Kier alpha value is -2.05. The van der Waals surface area contributed by atoms with Gasteiger partial charge in [-0.15, -0.1) is 11.3 Å². The van der Waals surface area contributed by atoms with Gasteiger partial charge in [0.1, 0.15) is 6.10 Å². The van der Waals surface area contributed by atoms with Crippen LogP contribution in [0, 0.1) is 12.8 Å². The third kappa shape index (κ3) is 2.67. The molecule has 2 aliphatic carbocycles. The van der Waals surface area contributed by atoms with Crippen LogP contribution in [0.3, 0.4) is 0 Å². The summed E-state index contributed by atoms with van der Waals surface area (Å²) in [7, 11) is 4.02. The van der Waals surface area contributed by atoms with Crippen LogP contribution in [-0.2, 0) is 18.3 Å². The number of hydrogen-bond acceptors (Lipinski definition) is 5. The van der Waals surface area contributed by atoms with Crippen molar-refractivity contribution in [3.8, 4) is 11.5 Å². The lowest BCUT2D eigenvalue weighted by Gasteiger charge is -2.57. The number of thiophene rings is 1. The van der Waals surface area contributed by atoms with Crippen molar-refractivity contribution in [1.82, 2.24) is 9.80 Å². The number of fused-ring (bicyclic) bond motifs is 2. The predicted molar refractivity (Wildman–Crippen MR) is 135 cm³/mol. The number of piperidine rings is 1. The van der Waals surface area contributed by atoms with E-state index in [4.69, 9.17) is 9.47 Å². The zero-order chi connectivity index (χ0) is 24.1. The van der Waals surface area contributed by atoms with E-state index < -0.39 is 0 Å². The van der Waals surface area contributed by atoms with E-state index in [1.165, 1.54) is 27.1 Å². The molecule has 1 amide bonds. The maximum Gasteiger partial charge on any atom is 0.264 e. The molecule has 1 aromatic heterocycles. The molecular weight excluding hydrogens is 444 g/mol. The molecule has 2 bridgehead atoms. The number of likely N-dealkylation sites (tertiary alicyclic amines) is 1. The van der Waals surface area contributed by atoms with Crippen molar-refractivity contribution in [2.75, 3.05) is 20.7 Å². The van der Waals surface area contributed by atoms with Crippen LogP contribution in [0.1, 0.15) is 77.0 Å². The first-order valence-electron chi connectivity index (χ1n) is 12.7.